The van der Waals surface area contributed by atoms with Gasteiger partial charge in [0, 0.05) is 36.7 Å². The Bertz CT molecular complexity index is 594. The Hall–Kier alpha value is -1.46. The third-order valence-corrected chi connectivity index (χ3v) is 5.05. The van der Waals surface area contributed by atoms with Gasteiger partial charge in [-0.05, 0) is 43.9 Å². The molecule has 0 bridgehead atoms. The minimum absolute atomic E-state index is 0.00348. The number of esters is 1. The normalized spacial score (nSPS) is 16.0. The number of carbonyl (C=O) groups is 1. The molecule has 5 nitrogen and oxygen atoms in total. The molecule has 138 valence electrons. The van der Waals surface area contributed by atoms with E-state index in [1.54, 1.807) is 7.05 Å². The number of benzene rings is 1. The summed E-state index contributed by atoms with van der Waals surface area (Å²) in [4.78, 5) is 18.3. The first kappa shape index (κ1) is 19.9. The highest BCUT2D eigenvalue weighted by molar-refractivity contribution is 6.36. The van der Waals surface area contributed by atoms with Gasteiger partial charge in [-0.15, -0.1) is 0 Å². The fraction of sp³-hybridized carbons (Fsp3) is 0.556. The molecule has 1 heterocycles. The predicted octanol–water partition coefficient (Wildman–Crippen LogP) is 3.39. The molecule has 1 aromatic carbocycles. The number of hydrogen-bond donors (Lipinski definition) is 1. The molecule has 1 N–H and O–H groups in total. The largest absolute Gasteiger partial charge is 0.466 e. The quantitative estimate of drug-likeness (QED) is 0.479. The number of rotatable bonds is 5. The Balaban J connectivity index is 1.83. The van der Waals surface area contributed by atoms with E-state index in [1.807, 2.05) is 25.1 Å². The molecule has 0 saturated carbocycles. The average molecular weight is 386 g/mol. The van der Waals surface area contributed by atoms with Gasteiger partial charge in [0.05, 0.1) is 12.5 Å². The van der Waals surface area contributed by atoms with Crippen LogP contribution < -0.4 is 5.32 Å². The van der Waals surface area contributed by atoms with Crippen molar-refractivity contribution in [2.75, 3.05) is 33.3 Å². The van der Waals surface area contributed by atoms with Crippen LogP contribution in [0.15, 0.2) is 23.2 Å². The molecule has 1 fully saturated rings. The van der Waals surface area contributed by atoms with E-state index in [1.165, 1.54) is 0 Å². The highest BCUT2D eigenvalue weighted by atomic mass is 35.5. The van der Waals surface area contributed by atoms with Gasteiger partial charge >= 0.3 is 5.97 Å². The van der Waals surface area contributed by atoms with Crippen LogP contribution in [-0.4, -0.2) is 50.1 Å². The van der Waals surface area contributed by atoms with Crippen molar-refractivity contribution in [2.45, 2.75) is 26.2 Å². The zero-order valence-corrected chi connectivity index (χ0v) is 16.2. The molecule has 0 spiro atoms. The molecule has 0 radical (unpaired) electrons. The third-order valence-electron chi connectivity index (χ3n) is 4.35. The first-order valence-corrected chi connectivity index (χ1v) is 9.37. The van der Waals surface area contributed by atoms with Crippen molar-refractivity contribution in [1.29, 1.82) is 0 Å². The van der Waals surface area contributed by atoms with Crippen LogP contribution in [0.1, 0.15) is 25.3 Å². The van der Waals surface area contributed by atoms with Crippen molar-refractivity contribution in [3.63, 3.8) is 0 Å². The fourth-order valence-corrected chi connectivity index (χ4v) is 3.58. The highest BCUT2D eigenvalue weighted by Gasteiger charge is 2.27. The molecule has 0 unspecified atom stereocenters. The van der Waals surface area contributed by atoms with Crippen LogP contribution in [0, 0.1) is 5.92 Å². The Kier molecular flexibility index (Phi) is 7.85. The van der Waals surface area contributed by atoms with Crippen LogP contribution in [0.4, 0.5) is 0 Å². The van der Waals surface area contributed by atoms with E-state index >= 15 is 0 Å². The molecule has 1 aliphatic heterocycles. The lowest BCUT2D eigenvalue weighted by Gasteiger charge is -2.33. The van der Waals surface area contributed by atoms with Crippen molar-refractivity contribution in [1.82, 2.24) is 10.2 Å². The third kappa shape index (κ3) is 5.51. The summed E-state index contributed by atoms with van der Waals surface area (Å²) < 4.78 is 5.11. The zero-order valence-electron chi connectivity index (χ0n) is 14.7. The highest BCUT2D eigenvalue weighted by Crippen LogP contribution is 2.24. The number of aliphatic imine (C=N–C) groups is 1. The lowest BCUT2D eigenvalue weighted by molar-refractivity contribution is -0.149. The van der Waals surface area contributed by atoms with E-state index in [0.717, 1.165) is 43.9 Å². The van der Waals surface area contributed by atoms with Crippen LogP contribution in [-0.2, 0) is 16.0 Å². The summed E-state index contributed by atoms with van der Waals surface area (Å²) in [7, 11) is 1.77. The molecular formula is C18H25Cl2N3O2. The van der Waals surface area contributed by atoms with Gasteiger partial charge in [0.25, 0.3) is 0 Å². The molecule has 1 aliphatic rings. The van der Waals surface area contributed by atoms with Crippen molar-refractivity contribution in [3.8, 4) is 0 Å². The van der Waals surface area contributed by atoms with E-state index in [4.69, 9.17) is 27.9 Å². The van der Waals surface area contributed by atoms with Crippen LogP contribution in [0.25, 0.3) is 0 Å². The molecule has 0 aliphatic carbocycles. The van der Waals surface area contributed by atoms with Crippen LogP contribution in [0.3, 0.4) is 0 Å². The number of hydrogen-bond acceptors (Lipinski definition) is 3. The molecule has 0 atom stereocenters. The lowest BCUT2D eigenvalue weighted by atomic mass is 9.97. The van der Waals surface area contributed by atoms with E-state index in [2.05, 4.69) is 15.2 Å². The Labute approximate surface area is 159 Å². The van der Waals surface area contributed by atoms with Crippen LogP contribution >= 0.6 is 23.2 Å². The minimum Gasteiger partial charge on any atom is -0.466 e. The van der Waals surface area contributed by atoms with Gasteiger partial charge in [0.1, 0.15) is 0 Å². The van der Waals surface area contributed by atoms with Gasteiger partial charge in [0.15, 0.2) is 5.96 Å². The SMILES string of the molecule is CCOC(=O)C1CCN(C(=NC)NCCc2c(Cl)cccc2Cl)CC1. The maximum Gasteiger partial charge on any atom is 0.309 e. The molecule has 1 saturated heterocycles. The second-order valence-electron chi connectivity index (χ2n) is 5.94. The Morgan fingerprint density at radius 1 is 1.32 bits per heavy atom. The summed E-state index contributed by atoms with van der Waals surface area (Å²) >= 11 is 12.4. The van der Waals surface area contributed by atoms with Gasteiger partial charge < -0.3 is 15.0 Å². The predicted molar refractivity (Wildman–Crippen MR) is 102 cm³/mol. The van der Waals surface area contributed by atoms with Crippen molar-refractivity contribution in [3.05, 3.63) is 33.8 Å². The van der Waals surface area contributed by atoms with Crippen molar-refractivity contribution >= 4 is 35.1 Å². The Morgan fingerprint density at radius 3 is 2.52 bits per heavy atom. The summed E-state index contributed by atoms with van der Waals surface area (Å²) in [6.45, 7) is 4.54. The minimum atomic E-state index is -0.0848. The summed E-state index contributed by atoms with van der Waals surface area (Å²) in [5, 5.41) is 4.71. The number of likely N-dealkylation sites (tertiary alicyclic amines) is 1. The zero-order chi connectivity index (χ0) is 18.2. The maximum absolute atomic E-state index is 11.8. The van der Waals surface area contributed by atoms with E-state index < -0.39 is 0 Å². The maximum atomic E-state index is 11.8. The fourth-order valence-electron chi connectivity index (χ4n) is 2.99. The van der Waals surface area contributed by atoms with E-state index in [9.17, 15) is 4.79 Å². The van der Waals surface area contributed by atoms with E-state index in [-0.39, 0.29) is 11.9 Å². The number of nitrogens with zero attached hydrogens (tertiary/aromatic N) is 2. The standard InChI is InChI=1S/C18H25Cl2N3O2/c1-3-25-17(24)13-8-11-23(12-9-13)18(21-2)22-10-7-14-15(19)5-4-6-16(14)20/h4-6,13H,3,7-12H2,1-2H3,(H,21,22). The first-order chi connectivity index (χ1) is 12.1. The van der Waals surface area contributed by atoms with Crippen LogP contribution in [0.2, 0.25) is 10.0 Å². The monoisotopic (exact) mass is 385 g/mol. The second-order valence-corrected chi connectivity index (χ2v) is 6.75. The average Bonchev–Trinajstić information content (AvgIpc) is 2.61. The number of ether oxygens (including phenoxy) is 1. The Morgan fingerprint density at radius 2 is 1.96 bits per heavy atom. The first-order valence-electron chi connectivity index (χ1n) is 8.62. The number of piperidine rings is 1. The summed E-state index contributed by atoms with van der Waals surface area (Å²) in [6.07, 6.45) is 2.29. The van der Waals surface area contributed by atoms with Gasteiger partial charge in [0.2, 0.25) is 0 Å². The molecule has 7 heteroatoms. The lowest BCUT2D eigenvalue weighted by Crippen LogP contribution is -2.47. The number of carbonyl (C=O) groups excluding carboxylic acids is 1. The van der Waals surface area contributed by atoms with Crippen LogP contribution in [0.5, 0.6) is 0 Å². The van der Waals surface area contributed by atoms with Gasteiger partial charge in [-0.25, -0.2) is 0 Å². The topological polar surface area (TPSA) is 53.9 Å². The molecule has 1 aromatic rings. The molecular weight excluding hydrogens is 361 g/mol. The number of guanidine groups is 1. The van der Waals surface area contributed by atoms with Gasteiger partial charge in [-0.2, -0.15) is 0 Å². The summed E-state index contributed by atoms with van der Waals surface area (Å²) in [6, 6.07) is 5.53. The number of nitrogens with one attached hydrogen (secondary N) is 1. The molecule has 0 aromatic heterocycles. The molecule has 2 rings (SSSR count). The molecule has 0 amide bonds. The summed E-state index contributed by atoms with van der Waals surface area (Å²) in [5.74, 6) is 0.750. The molecule has 25 heavy (non-hydrogen) atoms. The van der Waals surface area contributed by atoms with Crippen molar-refractivity contribution in [2.24, 2.45) is 10.9 Å². The van der Waals surface area contributed by atoms with Gasteiger partial charge in [-0.1, -0.05) is 29.3 Å². The van der Waals surface area contributed by atoms with Gasteiger partial charge in [-0.3, -0.25) is 9.79 Å². The van der Waals surface area contributed by atoms with Crippen molar-refractivity contribution < 1.29 is 9.53 Å². The van der Waals surface area contributed by atoms with E-state index in [0.29, 0.717) is 23.2 Å². The second kappa shape index (κ2) is 9.88. The smallest absolute Gasteiger partial charge is 0.309 e. The number of halogens is 2. The summed E-state index contributed by atoms with van der Waals surface area (Å²) in [5.41, 5.74) is 0.940.